The third-order valence-electron chi connectivity index (χ3n) is 3.27. The van der Waals surface area contributed by atoms with E-state index in [-0.39, 0.29) is 33.8 Å². The summed E-state index contributed by atoms with van der Waals surface area (Å²) in [6, 6.07) is 11.5. The van der Waals surface area contributed by atoms with Gasteiger partial charge in [-0.25, -0.2) is 4.79 Å². The van der Waals surface area contributed by atoms with Gasteiger partial charge in [0.15, 0.2) is 11.5 Å². The van der Waals surface area contributed by atoms with E-state index in [1.807, 2.05) is 0 Å². The molecule has 1 heterocycles. The standard InChI is InChI=1S/C16H12O5/c1-20-11-8-7-10-13(14(11)17)15(18)12(16(19)21-10)9-5-3-2-4-6-9/h2-8,17-18H,1H3. The Bertz CT molecular complexity index is 865. The highest BCUT2D eigenvalue weighted by atomic mass is 16.5. The smallest absolute Gasteiger partial charge is 0.347 e. The summed E-state index contributed by atoms with van der Waals surface area (Å²) in [5.41, 5.74) is -0.0641. The number of phenolic OH excluding ortho intramolecular Hbond substituents is 1. The molecule has 0 radical (unpaired) electrons. The van der Waals surface area contributed by atoms with Gasteiger partial charge in [-0.15, -0.1) is 0 Å². The van der Waals surface area contributed by atoms with E-state index in [1.54, 1.807) is 30.3 Å². The Balaban J connectivity index is 2.42. The molecule has 5 heteroatoms. The Morgan fingerprint density at radius 2 is 1.71 bits per heavy atom. The molecular weight excluding hydrogens is 272 g/mol. The highest BCUT2D eigenvalue weighted by molar-refractivity contribution is 5.96. The number of aromatic hydroxyl groups is 2. The molecule has 0 atom stereocenters. The summed E-state index contributed by atoms with van der Waals surface area (Å²) < 4.78 is 10.2. The van der Waals surface area contributed by atoms with E-state index in [0.29, 0.717) is 5.56 Å². The lowest BCUT2D eigenvalue weighted by Crippen LogP contribution is -2.03. The van der Waals surface area contributed by atoms with Gasteiger partial charge in [0.2, 0.25) is 0 Å². The number of fused-ring (bicyclic) bond motifs is 1. The molecule has 0 spiro atoms. The van der Waals surface area contributed by atoms with Crippen LogP contribution in [-0.2, 0) is 0 Å². The lowest BCUT2D eigenvalue weighted by molar-refractivity contribution is 0.374. The fraction of sp³-hybridized carbons (Fsp3) is 0.0625. The molecule has 0 saturated heterocycles. The predicted octanol–water partition coefficient (Wildman–Crippen LogP) is 2.88. The van der Waals surface area contributed by atoms with Gasteiger partial charge in [-0.2, -0.15) is 0 Å². The minimum Gasteiger partial charge on any atom is -0.506 e. The van der Waals surface area contributed by atoms with Crippen LogP contribution in [0.5, 0.6) is 17.2 Å². The normalized spacial score (nSPS) is 10.7. The van der Waals surface area contributed by atoms with Gasteiger partial charge in [-0.05, 0) is 17.7 Å². The Morgan fingerprint density at radius 1 is 1.00 bits per heavy atom. The highest BCUT2D eigenvalue weighted by Gasteiger charge is 2.20. The number of ether oxygens (including phenoxy) is 1. The van der Waals surface area contributed by atoms with E-state index in [1.165, 1.54) is 19.2 Å². The molecule has 3 rings (SSSR count). The zero-order valence-electron chi connectivity index (χ0n) is 11.2. The molecule has 0 bridgehead atoms. The number of phenols is 1. The third-order valence-corrected chi connectivity index (χ3v) is 3.27. The molecule has 0 amide bonds. The van der Waals surface area contributed by atoms with Gasteiger partial charge in [0.05, 0.1) is 7.11 Å². The van der Waals surface area contributed by atoms with Crippen LogP contribution in [0.3, 0.4) is 0 Å². The Kier molecular flexibility index (Phi) is 3.02. The second kappa shape index (κ2) is 4.86. The van der Waals surface area contributed by atoms with Crippen molar-refractivity contribution in [1.29, 1.82) is 0 Å². The van der Waals surface area contributed by atoms with E-state index < -0.39 is 5.63 Å². The summed E-state index contributed by atoms with van der Waals surface area (Å²) in [5, 5.41) is 20.6. The molecule has 1 aromatic heterocycles. The molecule has 0 unspecified atom stereocenters. The lowest BCUT2D eigenvalue weighted by atomic mass is 10.0. The van der Waals surface area contributed by atoms with Gasteiger partial charge in [0.25, 0.3) is 0 Å². The molecule has 106 valence electrons. The van der Waals surface area contributed by atoms with Gasteiger partial charge >= 0.3 is 5.63 Å². The van der Waals surface area contributed by atoms with Crippen molar-refractivity contribution in [1.82, 2.24) is 0 Å². The average Bonchev–Trinajstić information content (AvgIpc) is 2.48. The monoisotopic (exact) mass is 284 g/mol. The molecule has 2 aromatic carbocycles. The van der Waals surface area contributed by atoms with Crippen LogP contribution in [0.15, 0.2) is 51.7 Å². The first-order valence-electron chi connectivity index (χ1n) is 6.24. The summed E-state index contributed by atoms with van der Waals surface area (Å²) in [4.78, 5) is 12.1. The Hall–Kier alpha value is -2.95. The fourth-order valence-electron chi connectivity index (χ4n) is 2.26. The van der Waals surface area contributed by atoms with Crippen LogP contribution >= 0.6 is 0 Å². The van der Waals surface area contributed by atoms with Crippen LogP contribution in [-0.4, -0.2) is 17.3 Å². The number of hydrogen-bond acceptors (Lipinski definition) is 5. The van der Waals surface area contributed by atoms with Crippen molar-refractivity contribution in [2.45, 2.75) is 0 Å². The van der Waals surface area contributed by atoms with Crippen molar-refractivity contribution in [2.24, 2.45) is 0 Å². The summed E-state index contributed by atoms with van der Waals surface area (Å²) in [6.45, 7) is 0. The number of methoxy groups -OCH3 is 1. The van der Waals surface area contributed by atoms with E-state index >= 15 is 0 Å². The Morgan fingerprint density at radius 3 is 2.38 bits per heavy atom. The van der Waals surface area contributed by atoms with Crippen molar-refractivity contribution in [3.8, 4) is 28.4 Å². The number of rotatable bonds is 2. The Labute approximate surface area is 119 Å². The first-order chi connectivity index (χ1) is 10.1. The SMILES string of the molecule is COc1ccc2oc(=O)c(-c3ccccc3)c(O)c2c1O. The summed E-state index contributed by atoms with van der Waals surface area (Å²) in [5.74, 6) is -0.414. The molecule has 2 N–H and O–H groups in total. The lowest BCUT2D eigenvalue weighted by Gasteiger charge is -2.10. The van der Waals surface area contributed by atoms with E-state index in [2.05, 4.69) is 0 Å². The molecular formula is C16H12O5. The van der Waals surface area contributed by atoms with E-state index in [0.717, 1.165) is 0 Å². The minimum absolute atomic E-state index is 0.00616. The van der Waals surface area contributed by atoms with Crippen molar-refractivity contribution in [3.63, 3.8) is 0 Å². The number of benzene rings is 2. The van der Waals surface area contributed by atoms with Gasteiger partial charge in [-0.3, -0.25) is 0 Å². The topological polar surface area (TPSA) is 79.9 Å². The van der Waals surface area contributed by atoms with Gasteiger partial charge < -0.3 is 19.4 Å². The summed E-state index contributed by atoms with van der Waals surface area (Å²) in [6.07, 6.45) is 0. The van der Waals surface area contributed by atoms with E-state index in [4.69, 9.17) is 9.15 Å². The molecule has 0 aliphatic rings. The summed E-state index contributed by atoms with van der Waals surface area (Å²) in [7, 11) is 1.40. The molecule has 0 aliphatic carbocycles. The molecule has 3 aromatic rings. The molecule has 21 heavy (non-hydrogen) atoms. The second-order valence-electron chi connectivity index (χ2n) is 4.47. The molecule has 0 saturated carbocycles. The van der Waals surface area contributed by atoms with Crippen molar-refractivity contribution < 1.29 is 19.4 Å². The van der Waals surface area contributed by atoms with Crippen LogP contribution < -0.4 is 10.4 Å². The first kappa shape index (κ1) is 13.1. The molecule has 0 aliphatic heterocycles. The average molecular weight is 284 g/mol. The highest BCUT2D eigenvalue weighted by Crippen LogP contribution is 2.42. The third kappa shape index (κ3) is 1.99. The number of hydrogen-bond donors (Lipinski definition) is 2. The van der Waals surface area contributed by atoms with Crippen LogP contribution in [0.2, 0.25) is 0 Å². The molecule has 0 fully saturated rings. The molecule has 5 nitrogen and oxygen atoms in total. The fourth-order valence-corrected chi connectivity index (χ4v) is 2.26. The summed E-state index contributed by atoms with van der Waals surface area (Å²) >= 11 is 0. The maximum absolute atomic E-state index is 12.1. The zero-order chi connectivity index (χ0) is 15.0. The van der Waals surface area contributed by atoms with Crippen molar-refractivity contribution >= 4 is 11.0 Å². The zero-order valence-corrected chi connectivity index (χ0v) is 11.2. The van der Waals surface area contributed by atoms with Crippen LogP contribution in [0.1, 0.15) is 0 Å². The van der Waals surface area contributed by atoms with Crippen LogP contribution in [0.25, 0.3) is 22.1 Å². The quantitative estimate of drug-likeness (QED) is 0.707. The minimum atomic E-state index is -0.671. The maximum Gasteiger partial charge on any atom is 0.347 e. The van der Waals surface area contributed by atoms with Gasteiger partial charge in [-0.1, -0.05) is 30.3 Å². The van der Waals surface area contributed by atoms with Gasteiger partial charge in [0.1, 0.15) is 22.3 Å². The second-order valence-corrected chi connectivity index (χ2v) is 4.47. The predicted molar refractivity (Wildman–Crippen MR) is 77.8 cm³/mol. The van der Waals surface area contributed by atoms with Crippen molar-refractivity contribution in [2.75, 3.05) is 7.11 Å². The van der Waals surface area contributed by atoms with E-state index in [9.17, 15) is 15.0 Å². The maximum atomic E-state index is 12.1. The van der Waals surface area contributed by atoms with Crippen molar-refractivity contribution in [3.05, 3.63) is 52.9 Å². The largest absolute Gasteiger partial charge is 0.506 e. The van der Waals surface area contributed by atoms with Crippen LogP contribution in [0.4, 0.5) is 0 Å². The first-order valence-corrected chi connectivity index (χ1v) is 6.24. The van der Waals surface area contributed by atoms with Gasteiger partial charge in [0, 0.05) is 0 Å². The van der Waals surface area contributed by atoms with Crippen LogP contribution in [0, 0.1) is 0 Å².